The third-order valence-corrected chi connectivity index (χ3v) is 3.19. The second-order valence-corrected chi connectivity index (χ2v) is 4.99. The lowest BCUT2D eigenvalue weighted by molar-refractivity contribution is 0.432. The summed E-state index contributed by atoms with van der Waals surface area (Å²) in [5, 5.41) is 4.46. The SMILES string of the molecule is Nc1ccc(-c2nc(-c3ncc(Cl)cc3Cl)no2)cc1F. The molecule has 5 nitrogen and oxygen atoms in total. The highest BCUT2D eigenvalue weighted by atomic mass is 35.5. The molecule has 0 radical (unpaired) electrons. The Morgan fingerprint density at radius 1 is 1.19 bits per heavy atom. The lowest BCUT2D eigenvalue weighted by atomic mass is 10.2. The molecule has 1 aromatic carbocycles. The van der Waals surface area contributed by atoms with Gasteiger partial charge in [0, 0.05) is 11.8 Å². The minimum Gasteiger partial charge on any atom is -0.396 e. The molecule has 0 bridgehead atoms. The van der Waals surface area contributed by atoms with Gasteiger partial charge in [-0.1, -0.05) is 28.4 Å². The Balaban J connectivity index is 2.01. The first kappa shape index (κ1) is 13.8. The molecule has 3 rings (SSSR count). The summed E-state index contributed by atoms with van der Waals surface area (Å²) < 4.78 is 18.5. The van der Waals surface area contributed by atoms with Crippen LogP contribution in [0.2, 0.25) is 10.0 Å². The summed E-state index contributed by atoms with van der Waals surface area (Å²) in [5.74, 6) is -0.240. The Hall–Kier alpha value is -2.18. The van der Waals surface area contributed by atoms with Crippen molar-refractivity contribution in [1.82, 2.24) is 15.1 Å². The highest BCUT2D eigenvalue weighted by molar-refractivity contribution is 6.35. The van der Waals surface area contributed by atoms with E-state index in [9.17, 15) is 4.39 Å². The molecule has 2 N–H and O–H groups in total. The van der Waals surface area contributed by atoms with Gasteiger partial charge in [0.25, 0.3) is 5.89 Å². The summed E-state index contributed by atoms with van der Waals surface area (Å²) in [7, 11) is 0. The van der Waals surface area contributed by atoms with Gasteiger partial charge in [-0.25, -0.2) is 9.37 Å². The third kappa shape index (κ3) is 2.68. The standard InChI is InChI=1S/C13H7Cl2FN4O/c14-7-4-8(15)11(18-5-7)12-19-13(21-20-12)6-1-2-10(17)9(16)3-6/h1-5H,17H2. The summed E-state index contributed by atoms with van der Waals surface area (Å²) in [4.78, 5) is 8.18. The molecule has 0 spiro atoms. The summed E-state index contributed by atoms with van der Waals surface area (Å²) >= 11 is 11.8. The van der Waals surface area contributed by atoms with Crippen LogP contribution in [0, 0.1) is 5.82 Å². The molecule has 0 saturated heterocycles. The number of aromatic nitrogens is 3. The van der Waals surface area contributed by atoms with Gasteiger partial charge in [-0.05, 0) is 24.3 Å². The van der Waals surface area contributed by atoms with E-state index >= 15 is 0 Å². The minimum atomic E-state index is -0.560. The zero-order valence-corrected chi connectivity index (χ0v) is 11.9. The van der Waals surface area contributed by atoms with E-state index in [1.807, 2.05) is 0 Å². The maximum absolute atomic E-state index is 13.4. The van der Waals surface area contributed by atoms with Crippen LogP contribution in [-0.4, -0.2) is 15.1 Å². The molecule has 0 unspecified atom stereocenters. The molecule has 106 valence electrons. The van der Waals surface area contributed by atoms with Crippen molar-refractivity contribution >= 4 is 28.9 Å². The van der Waals surface area contributed by atoms with Crippen LogP contribution in [0.4, 0.5) is 10.1 Å². The molecule has 2 heterocycles. The highest BCUT2D eigenvalue weighted by Gasteiger charge is 2.15. The Labute approximate surface area is 128 Å². The van der Waals surface area contributed by atoms with Gasteiger partial charge in [-0.3, -0.25) is 0 Å². The minimum absolute atomic E-state index is 0.0425. The van der Waals surface area contributed by atoms with Crippen molar-refractivity contribution in [3.63, 3.8) is 0 Å². The van der Waals surface area contributed by atoms with Gasteiger partial charge < -0.3 is 10.3 Å². The van der Waals surface area contributed by atoms with Crippen LogP contribution in [-0.2, 0) is 0 Å². The number of benzene rings is 1. The van der Waals surface area contributed by atoms with Gasteiger partial charge in [0.15, 0.2) is 0 Å². The van der Waals surface area contributed by atoms with E-state index in [0.29, 0.717) is 21.3 Å². The Morgan fingerprint density at radius 3 is 2.71 bits per heavy atom. The van der Waals surface area contributed by atoms with Gasteiger partial charge in [0.2, 0.25) is 5.82 Å². The zero-order valence-electron chi connectivity index (χ0n) is 10.3. The number of halogens is 3. The summed E-state index contributed by atoms with van der Waals surface area (Å²) in [6.07, 6.45) is 1.42. The molecule has 0 atom stereocenters. The number of nitrogen functional groups attached to an aromatic ring is 1. The van der Waals surface area contributed by atoms with Crippen LogP contribution in [0.3, 0.4) is 0 Å². The van der Waals surface area contributed by atoms with Gasteiger partial charge in [-0.15, -0.1) is 0 Å². The van der Waals surface area contributed by atoms with Crippen molar-refractivity contribution in [2.45, 2.75) is 0 Å². The maximum atomic E-state index is 13.4. The number of nitrogens with zero attached hydrogens (tertiary/aromatic N) is 3. The first-order valence-electron chi connectivity index (χ1n) is 5.75. The van der Waals surface area contributed by atoms with Crippen LogP contribution in [0.5, 0.6) is 0 Å². The van der Waals surface area contributed by atoms with Crippen molar-refractivity contribution in [2.75, 3.05) is 5.73 Å². The van der Waals surface area contributed by atoms with E-state index in [-0.39, 0.29) is 17.4 Å². The lowest BCUT2D eigenvalue weighted by Gasteiger charge is -1.98. The smallest absolute Gasteiger partial charge is 0.258 e. The molecule has 0 aliphatic rings. The van der Waals surface area contributed by atoms with E-state index in [4.69, 9.17) is 33.5 Å². The molecule has 0 aliphatic carbocycles. The van der Waals surface area contributed by atoms with Crippen molar-refractivity contribution in [2.24, 2.45) is 0 Å². The fourth-order valence-corrected chi connectivity index (χ4v) is 2.14. The van der Waals surface area contributed by atoms with E-state index < -0.39 is 5.82 Å². The predicted octanol–water partition coefficient (Wildman–Crippen LogP) is 3.83. The van der Waals surface area contributed by atoms with Gasteiger partial charge >= 0.3 is 0 Å². The largest absolute Gasteiger partial charge is 0.396 e. The fraction of sp³-hybridized carbons (Fsp3) is 0. The van der Waals surface area contributed by atoms with E-state index in [2.05, 4.69) is 15.1 Å². The molecule has 8 heteroatoms. The van der Waals surface area contributed by atoms with Gasteiger partial charge in [0.05, 0.1) is 15.7 Å². The maximum Gasteiger partial charge on any atom is 0.258 e. The fourth-order valence-electron chi connectivity index (χ4n) is 1.68. The van der Waals surface area contributed by atoms with Crippen LogP contribution in [0.25, 0.3) is 23.0 Å². The quantitative estimate of drug-likeness (QED) is 0.725. The molecule has 0 aliphatic heterocycles. The number of pyridine rings is 1. The second kappa shape index (κ2) is 5.31. The second-order valence-electron chi connectivity index (χ2n) is 4.14. The molecule has 21 heavy (non-hydrogen) atoms. The molecule has 3 aromatic rings. The van der Waals surface area contributed by atoms with E-state index in [1.165, 1.54) is 24.4 Å². The van der Waals surface area contributed by atoms with Crippen LogP contribution in [0.15, 0.2) is 35.0 Å². The number of nitrogens with two attached hydrogens (primary N) is 1. The number of hydrogen-bond acceptors (Lipinski definition) is 5. The van der Waals surface area contributed by atoms with E-state index in [0.717, 1.165) is 0 Å². The van der Waals surface area contributed by atoms with Crippen LogP contribution < -0.4 is 5.73 Å². The monoisotopic (exact) mass is 324 g/mol. The van der Waals surface area contributed by atoms with Crippen molar-refractivity contribution < 1.29 is 8.91 Å². The molecular weight excluding hydrogens is 318 g/mol. The summed E-state index contributed by atoms with van der Waals surface area (Å²) in [5.41, 5.74) is 6.19. The first-order valence-corrected chi connectivity index (χ1v) is 6.50. The summed E-state index contributed by atoms with van der Waals surface area (Å²) in [6, 6.07) is 5.72. The van der Waals surface area contributed by atoms with Crippen LogP contribution >= 0.6 is 23.2 Å². The third-order valence-electron chi connectivity index (χ3n) is 2.69. The predicted molar refractivity (Wildman–Crippen MR) is 77.4 cm³/mol. The molecule has 0 amide bonds. The van der Waals surface area contributed by atoms with Crippen LogP contribution in [0.1, 0.15) is 0 Å². The normalized spacial score (nSPS) is 10.8. The van der Waals surface area contributed by atoms with Gasteiger partial charge in [0.1, 0.15) is 11.5 Å². The molecule has 0 saturated carbocycles. The van der Waals surface area contributed by atoms with Gasteiger partial charge in [-0.2, -0.15) is 4.98 Å². The first-order chi connectivity index (χ1) is 10.0. The number of anilines is 1. The average Bonchev–Trinajstić information content (AvgIpc) is 2.91. The number of hydrogen-bond donors (Lipinski definition) is 1. The molecular formula is C13H7Cl2FN4O. The highest BCUT2D eigenvalue weighted by Crippen LogP contribution is 2.28. The number of rotatable bonds is 2. The van der Waals surface area contributed by atoms with Crippen molar-refractivity contribution in [3.8, 4) is 23.0 Å². The Kier molecular flexibility index (Phi) is 3.48. The summed E-state index contributed by atoms with van der Waals surface area (Å²) in [6.45, 7) is 0. The lowest BCUT2D eigenvalue weighted by Crippen LogP contribution is -1.91. The van der Waals surface area contributed by atoms with Crippen molar-refractivity contribution in [3.05, 3.63) is 46.3 Å². The Bertz CT molecular complexity index is 822. The topological polar surface area (TPSA) is 77.8 Å². The zero-order chi connectivity index (χ0) is 15.0. The van der Waals surface area contributed by atoms with E-state index in [1.54, 1.807) is 6.07 Å². The Morgan fingerprint density at radius 2 is 2.00 bits per heavy atom. The van der Waals surface area contributed by atoms with Crippen molar-refractivity contribution in [1.29, 1.82) is 0 Å². The molecule has 2 aromatic heterocycles. The molecule has 0 fully saturated rings. The average molecular weight is 325 g/mol.